The topological polar surface area (TPSA) is 73.5 Å². The fourth-order valence-electron chi connectivity index (χ4n) is 3.25. The van der Waals surface area contributed by atoms with E-state index < -0.39 is 0 Å². The summed E-state index contributed by atoms with van der Waals surface area (Å²) < 4.78 is 3.93. The number of hydrogen-bond donors (Lipinski definition) is 1. The number of fused-ring (bicyclic) bond motifs is 1. The lowest BCUT2D eigenvalue weighted by molar-refractivity contribution is 0.613. The number of nitrogens with zero attached hydrogens (tertiary/aromatic N) is 6. The van der Waals surface area contributed by atoms with E-state index in [2.05, 4.69) is 33.8 Å². The van der Waals surface area contributed by atoms with Gasteiger partial charge >= 0.3 is 0 Å². The summed E-state index contributed by atoms with van der Waals surface area (Å²) in [6.07, 6.45) is 1.83. The Bertz CT molecular complexity index is 1110. The average molecular weight is 361 g/mol. The van der Waals surface area contributed by atoms with Gasteiger partial charge in [-0.25, -0.2) is 15.0 Å². The molecular weight excluding hydrogens is 338 g/mol. The number of benzene rings is 1. The van der Waals surface area contributed by atoms with E-state index in [9.17, 15) is 0 Å². The van der Waals surface area contributed by atoms with Crippen molar-refractivity contribution < 1.29 is 0 Å². The molecule has 0 atom stereocenters. The normalized spacial score (nSPS) is 11.5. The zero-order valence-corrected chi connectivity index (χ0v) is 16.2. The molecule has 4 rings (SSSR count). The third-order valence-corrected chi connectivity index (χ3v) is 4.75. The molecule has 27 heavy (non-hydrogen) atoms. The zero-order chi connectivity index (χ0) is 19.1. The van der Waals surface area contributed by atoms with Crippen LogP contribution < -0.4 is 5.32 Å². The number of imidazole rings is 1. The molecule has 0 saturated carbocycles. The highest BCUT2D eigenvalue weighted by Crippen LogP contribution is 2.30. The van der Waals surface area contributed by atoms with E-state index in [1.165, 1.54) is 0 Å². The zero-order valence-electron chi connectivity index (χ0n) is 16.2. The van der Waals surface area contributed by atoms with E-state index in [0.29, 0.717) is 11.6 Å². The molecule has 0 spiro atoms. The maximum absolute atomic E-state index is 4.86. The van der Waals surface area contributed by atoms with Crippen LogP contribution in [0.2, 0.25) is 0 Å². The van der Waals surface area contributed by atoms with E-state index >= 15 is 0 Å². The Morgan fingerprint density at radius 2 is 1.78 bits per heavy atom. The Kier molecular flexibility index (Phi) is 4.14. The van der Waals surface area contributed by atoms with Crippen molar-refractivity contribution >= 4 is 22.7 Å². The maximum Gasteiger partial charge on any atom is 0.167 e. The Hall–Kier alpha value is -3.22. The predicted molar refractivity (Wildman–Crippen MR) is 107 cm³/mol. The van der Waals surface area contributed by atoms with Crippen LogP contribution in [0, 0.1) is 13.8 Å². The molecule has 4 aromatic rings. The van der Waals surface area contributed by atoms with E-state index in [1.54, 1.807) is 0 Å². The first-order chi connectivity index (χ1) is 13.0. The van der Waals surface area contributed by atoms with E-state index in [0.717, 1.165) is 33.8 Å². The summed E-state index contributed by atoms with van der Waals surface area (Å²) >= 11 is 0. The van der Waals surface area contributed by atoms with E-state index in [1.807, 2.05) is 62.2 Å². The predicted octanol–water partition coefficient (Wildman–Crippen LogP) is 4.17. The van der Waals surface area contributed by atoms with Crippen LogP contribution in [0.3, 0.4) is 0 Å². The Morgan fingerprint density at radius 1 is 1.04 bits per heavy atom. The van der Waals surface area contributed by atoms with Crippen molar-refractivity contribution in [3.63, 3.8) is 0 Å². The summed E-state index contributed by atoms with van der Waals surface area (Å²) in [5, 5.41) is 7.92. The van der Waals surface area contributed by atoms with Gasteiger partial charge in [0, 0.05) is 24.5 Å². The summed E-state index contributed by atoms with van der Waals surface area (Å²) in [5.41, 5.74) is 5.45. The fraction of sp³-hybridized carbons (Fsp3) is 0.300. The van der Waals surface area contributed by atoms with Crippen molar-refractivity contribution in [2.75, 3.05) is 5.32 Å². The Labute approximate surface area is 158 Å². The Balaban J connectivity index is 1.96. The smallest absolute Gasteiger partial charge is 0.167 e. The molecule has 3 aromatic heterocycles. The molecule has 7 heteroatoms. The van der Waals surface area contributed by atoms with Crippen LogP contribution in [0.5, 0.6) is 0 Å². The van der Waals surface area contributed by atoms with Crippen molar-refractivity contribution in [2.45, 2.75) is 33.7 Å². The highest BCUT2D eigenvalue weighted by molar-refractivity contribution is 5.87. The summed E-state index contributed by atoms with van der Waals surface area (Å²) in [5.74, 6) is 1.36. The molecule has 0 saturated heterocycles. The minimum atomic E-state index is 0.249. The number of hydrogen-bond acceptors (Lipinski definition) is 5. The van der Waals surface area contributed by atoms with E-state index in [-0.39, 0.29) is 6.04 Å². The first kappa shape index (κ1) is 17.2. The lowest BCUT2D eigenvalue weighted by Crippen LogP contribution is -2.04. The average Bonchev–Trinajstić information content (AvgIpc) is 3.17. The molecule has 0 bridgehead atoms. The quantitative estimate of drug-likeness (QED) is 0.590. The van der Waals surface area contributed by atoms with Crippen molar-refractivity contribution in [3.05, 3.63) is 48.0 Å². The second kappa shape index (κ2) is 6.50. The summed E-state index contributed by atoms with van der Waals surface area (Å²) in [4.78, 5) is 14.3. The molecule has 0 aliphatic rings. The molecule has 7 nitrogen and oxygen atoms in total. The van der Waals surface area contributed by atoms with E-state index in [4.69, 9.17) is 9.97 Å². The SMILES string of the molecule is Cc1nn(C)c(C)c1-c1nc(Nc2ccccc2)c2ncn(C(C)C)c2n1. The molecule has 0 unspecified atom stereocenters. The molecule has 1 aromatic carbocycles. The Morgan fingerprint density at radius 3 is 2.41 bits per heavy atom. The second-order valence-corrected chi connectivity index (χ2v) is 6.97. The van der Waals surface area contributed by atoms with Crippen LogP contribution in [-0.2, 0) is 7.05 Å². The van der Waals surface area contributed by atoms with Crippen LogP contribution >= 0.6 is 0 Å². The third-order valence-electron chi connectivity index (χ3n) is 4.75. The standard InChI is InChI=1S/C20H23N7/c1-12(2)27-11-21-17-19(22-15-9-7-6-8-10-15)23-18(24-20(17)27)16-13(3)25-26(5)14(16)4/h6-12H,1-5H3,(H,22,23,24). The van der Waals surface area contributed by atoms with Crippen molar-refractivity contribution in [2.24, 2.45) is 7.05 Å². The number of aromatic nitrogens is 6. The van der Waals surface area contributed by atoms with Crippen LogP contribution in [0.4, 0.5) is 11.5 Å². The second-order valence-electron chi connectivity index (χ2n) is 6.97. The monoisotopic (exact) mass is 361 g/mol. The lowest BCUT2D eigenvalue weighted by atomic mass is 10.2. The first-order valence-corrected chi connectivity index (χ1v) is 9.03. The molecule has 3 heterocycles. The molecule has 0 radical (unpaired) electrons. The highest BCUT2D eigenvalue weighted by Gasteiger charge is 2.20. The molecule has 1 N–H and O–H groups in total. The largest absolute Gasteiger partial charge is 0.338 e. The number of anilines is 2. The van der Waals surface area contributed by atoms with Gasteiger partial charge in [0.05, 0.1) is 17.6 Å². The van der Waals surface area contributed by atoms with Crippen molar-refractivity contribution in [1.82, 2.24) is 29.3 Å². The number of para-hydroxylation sites is 1. The van der Waals surface area contributed by atoms with Gasteiger partial charge in [-0.05, 0) is 39.8 Å². The number of aryl methyl sites for hydroxylation is 2. The van der Waals surface area contributed by atoms with Gasteiger partial charge in [0.15, 0.2) is 22.8 Å². The van der Waals surface area contributed by atoms with Crippen molar-refractivity contribution in [3.8, 4) is 11.4 Å². The molecule has 0 amide bonds. The van der Waals surface area contributed by atoms with Crippen LogP contribution in [0.15, 0.2) is 36.7 Å². The molecule has 0 fully saturated rings. The summed E-state index contributed by atoms with van der Waals surface area (Å²) in [7, 11) is 1.94. The minimum Gasteiger partial charge on any atom is -0.338 e. The maximum atomic E-state index is 4.86. The van der Waals surface area contributed by atoms with Gasteiger partial charge in [-0.2, -0.15) is 5.10 Å². The van der Waals surface area contributed by atoms with Crippen LogP contribution in [0.1, 0.15) is 31.3 Å². The minimum absolute atomic E-state index is 0.249. The summed E-state index contributed by atoms with van der Waals surface area (Å²) in [6.45, 7) is 8.26. The van der Waals surface area contributed by atoms with Gasteiger partial charge in [0.25, 0.3) is 0 Å². The molecule has 138 valence electrons. The third kappa shape index (κ3) is 2.95. The highest BCUT2D eigenvalue weighted by atomic mass is 15.3. The molecule has 0 aliphatic carbocycles. The van der Waals surface area contributed by atoms with Crippen LogP contribution in [0.25, 0.3) is 22.6 Å². The number of rotatable bonds is 4. The first-order valence-electron chi connectivity index (χ1n) is 9.03. The van der Waals surface area contributed by atoms with Gasteiger partial charge < -0.3 is 9.88 Å². The summed E-state index contributed by atoms with van der Waals surface area (Å²) in [6, 6.07) is 10.2. The van der Waals surface area contributed by atoms with Gasteiger partial charge in [0.1, 0.15) is 0 Å². The number of nitrogens with one attached hydrogen (secondary N) is 1. The van der Waals surface area contributed by atoms with Gasteiger partial charge in [-0.3, -0.25) is 4.68 Å². The lowest BCUT2D eigenvalue weighted by Gasteiger charge is -2.11. The molecule has 0 aliphatic heterocycles. The van der Waals surface area contributed by atoms with Crippen LogP contribution in [-0.4, -0.2) is 29.3 Å². The van der Waals surface area contributed by atoms with Gasteiger partial charge in [0.2, 0.25) is 0 Å². The van der Waals surface area contributed by atoms with Gasteiger partial charge in [-0.1, -0.05) is 18.2 Å². The van der Waals surface area contributed by atoms with Gasteiger partial charge in [-0.15, -0.1) is 0 Å². The van der Waals surface area contributed by atoms with Crippen molar-refractivity contribution in [1.29, 1.82) is 0 Å². The molecular formula is C20H23N7. The fourth-order valence-corrected chi connectivity index (χ4v) is 3.25.